The molecule has 1 N–H and O–H groups in total. The summed E-state index contributed by atoms with van der Waals surface area (Å²) in [5.41, 5.74) is -0.563. The van der Waals surface area contributed by atoms with E-state index in [4.69, 9.17) is 4.74 Å². The number of piperazine rings is 1. The van der Waals surface area contributed by atoms with Crippen molar-refractivity contribution in [2.75, 3.05) is 19.7 Å². The van der Waals surface area contributed by atoms with Gasteiger partial charge >= 0.3 is 0 Å². The van der Waals surface area contributed by atoms with Crippen LogP contribution in [0.2, 0.25) is 0 Å². The second-order valence-corrected chi connectivity index (χ2v) is 6.24. The summed E-state index contributed by atoms with van der Waals surface area (Å²) in [4.78, 5) is 26.5. The van der Waals surface area contributed by atoms with E-state index in [1.807, 2.05) is 4.90 Å². The standard InChI is InChI=1S/C15H24N2O3/c18-13-11-16-14(19)15(7-2-1-3-8-15)17(13)9-6-12-5-4-10-20-12/h12H,1-11H2,(H,16,19). The Hall–Kier alpha value is -1.10. The second kappa shape index (κ2) is 5.72. The van der Waals surface area contributed by atoms with Crippen molar-refractivity contribution in [2.45, 2.75) is 63.0 Å². The summed E-state index contributed by atoms with van der Waals surface area (Å²) in [5.74, 6) is 0.133. The van der Waals surface area contributed by atoms with Crippen LogP contribution in [-0.2, 0) is 14.3 Å². The molecule has 20 heavy (non-hydrogen) atoms. The Morgan fingerprint density at radius 3 is 2.70 bits per heavy atom. The molecule has 0 aromatic carbocycles. The monoisotopic (exact) mass is 280 g/mol. The topological polar surface area (TPSA) is 58.6 Å². The highest BCUT2D eigenvalue weighted by Gasteiger charge is 2.49. The molecule has 2 heterocycles. The van der Waals surface area contributed by atoms with Gasteiger partial charge in [0.2, 0.25) is 11.8 Å². The second-order valence-electron chi connectivity index (χ2n) is 6.24. The van der Waals surface area contributed by atoms with Crippen molar-refractivity contribution in [1.29, 1.82) is 0 Å². The van der Waals surface area contributed by atoms with E-state index in [1.54, 1.807) is 0 Å². The molecule has 3 aliphatic rings. The lowest BCUT2D eigenvalue weighted by atomic mass is 9.78. The maximum Gasteiger partial charge on any atom is 0.246 e. The third-order valence-corrected chi connectivity index (χ3v) is 5.02. The van der Waals surface area contributed by atoms with Crippen LogP contribution in [0.15, 0.2) is 0 Å². The van der Waals surface area contributed by atoms with Crippen LogP contribution in [0.5, 0.6) is 0 Å². The molecule has 3 fully saturated rings. The molecule has 0 aromatic rings. The molecule has 3 rings (SSSR count). The molecule has 1 aliphatic carbocycles. The Balaban J connectivity index is 1.72. The molecule has 5 nitrogen and oxygen atoms in total. The first-order chi connectivity index (χ1) is 9.72. The number of nitrogens with zero attached hydrogens (tertiary/aromatic N) is 1. The molecule has 2 amide bonds. The first kappa shape index (κ1) is 13.9. The highest BCUT2D eigenvalue weighted by molar-refractivity contribution is 5.98. The maximum atomic E-state index is 12.4. The van der Waals surface area contributed by atoms with Crippen LogP contribution in [0.25, 0.3) is 0 Å². The van der Waals surface area contributed by atoms with E-state index in [1.165, 1.54) is 6.42 Å². The molecular formula is C15H24N2O3. The van der Waals surface area contributed by atoms with Gasteiger partial charge in [0.1, 0.15) is 5.54 Å². The van der Waals surface area contributed by atoms with Crippen LogP contribution in [0, 0.1) is 0 Å². The highest BCUT2D eigenvalue weighted by atomic mass is 16.5. The zero-order valence-corrected chi connectivity index (χ0v) is 12.0. The van der Waals surface area contributed by atoms with Gasteiger partial charge in [-0.2, -0.15) is 0 Å². The van der Waals surface area contributed by atoms with E-state index in [0.717, 1.165) is 51.6 Å². The average Bonchev–Trinajstić information content (AvgIpc) is 2.98. The Labute approximate surface area is 120 Å². The smallest absolute Gasteiger partial charge is 0.246 e. The average molecular weight is 280 g/mol. The van der Waals surface area contributed by atoms with Gasteiger partial charge < -0.3 is 15.0 Å². The summed E-state index contributed by atoms with van der Waals surface area (Å²) in [6, 6.07) is 0. The van der Waals surface area contributed by atoms with Crippen LogP contribution < -0.4 is 5.32 Å². The lowest BCUT2D eigenvalue weighted by Crippen LogP contribution is -2.68. The fourth-order valence-electron chi connectivity index (χ4n) is 3.89. The maximum absolute atomic E-state index is 12.4. The minimum Gasteiger partial charge on any atom is -0.378 e. The molecule has 2 saturated heterocycles. The number of amides is 2. The quantitative estimate of drug-likeness (QED) is 0.845. The van der Waals surface area contributed by atoms with E-state index in [2.05, 4.69) is 5.32 Å². The van der Waals surface area contributed by atoms with Gasteiger partial charge in [0.15, 0.2) is 0 Å². The van der Waals surface area contributed by atoms with Crippen molar-refractivity contribution in [2.24, 2.45) is 0 Å². The third kappa shape index (κ3) is 2.43. The molecule has 5 heteroatoms. The van der Waals surface area contributed by atoms with E-state index in [0.29, 0.717) is 6.54 Å². The van der Waals surface area contributed by atoms with Gasteiger partial charge in [-0.05, 0) is 32.1 Å². The van der Waals surface area contributed by atoms with Gasteiger partial charge in [0.25, 0.3) is 0 Å². The number of ether oxygens (including phenoxy) is 1. The lowest BCUT2D eigenvalue weighted by molar-refractivity contribution is -0.156. The van der Waals surface area contributed by atoms with Crippen molar-refractivity contribution in [1.82, 2.24) is 10.2 Å². The van der Waals surface area contributed by atoms with Crippen LogP contribution in [0.4, 0.5) is 0 Å². The molecule has 2 aliphatic heterocycles. The highest BCUT2D eigenvalue weighted by Crippen LogP contribution is 2.36. The molecule has 1 unspecified atom stereocenters. The van der Waals surface area contributed by atoms with E-state index in [-0.39, 0.29) is 24.5 Å². The predicted octanol–water partition coefficient (Wildman–Crippen LogP) is 1.22. The van der Waals surface area contributed by atoms with Crippen LogP contribution in [-0.4, -0.2) is 48.1 Å². The Morgan fingerprint density at radius 2 is 2.00 bits per heavy atom. The zero-order valence-electron chi connectivity index (χ0n) is 12.0. The first-order valence-corrected chi connectivity index (χ1v) is 7.93. The lowest BCUT2D eigenvalue weighted by Gasteiger charge is -2.48. The molecule has 0 aromatic heterocycles. The molecule has 112 valence electrons. The number of carbonyl (C=O) groups is 2. The van der Waals surface area contributed by atoms with E-state index >= 15 is 0 Å². The number of nitrogens with one attached hydrogen (secondary N) is 1. The molecule has 1 spiro atoms. The molecular weight excluding hydrogens is 256 g/mol. The SMILES string of the molecule is O=C1CNC(=O)C2(CCCCC2)N1CCC1CCCO1. The summed E-state index contributed by atoms with van der Waals surface area (Å²) in [5, 5.41) is 2.79. The van der Waals surface area contributed by atoms with Gasteiger partial charge in [-0.25, -0.2) is 0 Å². The van der Waals surface area contributed by atoms with Crippen LogP contribution in [0.1, 0.15) is 51.4 Å². The minimum absolute atomic E-state index is 0.0594. The normalized spacial score (nSPS) is 29.8. The van der Waals surface area contributed by atoms with Crippen molar-refractivity contribution in [3.63, 3.8) is 0 Å². The summed E-state index contributed by atoms with van der Waals surface area (Å²) in [7, 11) is 0. The van der Waals surface area contributed by atoms with Crippen molar-refractivity contribution >= 4 is 11.8 Å². The van der Waals surface area contributed by atoms with Crippen LogP contribution in [0.3, 0.4) is 0 Å². The fourth-order valence-corrected chi connectivity index (χ4v) is 3.89. The van der Waals surface area contributed by atoms with Crippen LogP contribution >= 0.6 is 0 Å². The molecule has 0 bridgehead atoms. The number of carbonyl (C=O) groups excluding carboxylic acids is 2. The number of hydrogen-bond acceptors (Lipinski definition) is 3. The summed E-state index contributed by atoms with van der Waals surface area (Å²) >= 11 is 0. The van der Waals surface area contributed by atoms with Gasteiger partial charge in [-0.1, -0.05) is 19.3 Å². The molecule has 0 radical (unpaired) electrons. The third-order valence-electron chi connectivity index (χ3n) is 5.02. The number of hydrogen-bond donors (Lipinski definition) is 1. The van der Waals surface area contributed by atoms with Gasteiger partial charge in [-0.15, -0.1) is 0 Å². The Morgan fingerprint density at radius 1 is 1.20 bits per heavy atom. The Kier molecular flexibility index (Phi) is 3.96. The summed E-state index contributed by atoms with van der Waals surface area (Å²) in [6.45, 7) is 1.66. The summed E-state index contributed by atoms with van der Waals surface area (Å²) in [6.07, 6.45) is 8.21. The molecule has 1 saturated carbocycles. The van der Waals surface area contributed by atoms with Gasteiger partial charge in [0, 0.05) is 13.2 Å². The van der Waals surface area contributed by atoms with Crippen molar-refractivity contribution < 1.29 is 14.3 Å². The van der Waals surface area contributed by atoms with E-state index in [9.17, 15) is 9.59 Å². The van der Waals surface area contributed by atoms with Crippen molar-refractivity contribution in [3.05, 3.63) is 0 Å². The molecule has 1 atom stereocenters. The summed E-state index contributed by atoms with van der Waals surface area (Å²) < 4.78 is 5.64. The largest absolute Gasteiger partial charge is 0.378 e. The fraction of sp³-hybridized carbons (Fsp3) is 0.867. The van der Waals surface area contributed by atoms with Gasteiger partial charge in [0.05, 0.1) is 12.6 Å². The van der Waals surface area contributed by atoms with Crippen molar-refractivity contribution in [3.8, 4) is 0 Å². The first-order valence-electron chi connectivity index (χ1n) is 7.93. The zero-order chi connectivity index (χ0) is 14.0. The minimum atomic E-state index is -0.563. The predicted molar refractivity (Wildman–Crippen MR) is 74.1 cm³/mol. The van der Waals surface area contributed by atoms with E-state index < -0.39 is 5.54 Å². The Bertz CT molecular complexity index is 385. The van der Waals surface area contributed by atoms with Gasteiger partial charge in [-0.3, -0.25) is 9.59 Å². The number of rotatable bonds is 3.